The maximum Gasteiger partial charge on any atom is 0.228 e. The van der Waals surface area contributed by atoms with Gasteiger partial charge in [0.05, 0.1) is 10.9 Å². The number of hydrogen-bond donors (Lipinski definition) is 1. The molecule has 4 aromatic rings. The van der Waals surface area contributed by atoms with Crippen molar-refractivity contribution in [1.82, 2.24) is 30.2 Å². The Balaban J connectivity index is 1.40. The molecule has 0 spiro atoms. The number of aromatic nitrogens is 4. The summed E-state index contributed by atoms with van der Waals surface area (Å²) in [6.45, 7) is 3.32. The summed E-state index contributed by atoms with van der Waals surface area (Å²) in [6.07, 6.45) is 14.9. The van der Waals surface area contributed by atoms with Gasteiger partial charge in [0.2, 0.25) is 5.95 Å². The number of likely N-dealkylation sites (N-methyl/N-ethyl adjacent to an activating group) is 2. The van der Waals surface area contributed by atoms with Crippen molar-refractivity contribution < 1.29 is 8.78 Å². The molecule has 7 rings (SSSR count). The number of halogens is 2. The fourth-order valence-electron chi connectivity index (χ4n) is 6.83. The van der Waals surface area contributed by atoms with Gasteiger partial charge in [-0.2, -0.15) is 4.98 Å². The molecular formula is C31H32F2N8. The number of fused-ring (bicyclic) bond motifs is 4. The van der Waals surface area contributed by atoms with Crippen molar-refractivity contribution in [2.75, 3.05) is 50.1 Å². The molecule has 3 aliphatic rings. The SMILES string of the molecule is C#Cc1c(F)ccc2cncc(-c3ncc4c(N(C)C[C@H]5CCCN5)nc(N5CC6CCC(C5)N6C)nc4c3F)c12. The van der Waals surface area contributed by atoms with Crippen molar-refractivity contribution in [1.29, 1.82) is 0 Å². The van der Waals surface area contributed by atoms with E-state index in [0.29, 0.717) is 51.6 Å². The Morgan fingerprint density at radius 2 is 1.90 bits per heavy atom. The van der Waals surface area contributed by atoms with E-state index < -0.39 is 11.6 Å². The molecule has 3 fully saturated rings. The van der Waals surface area contributed by atoms with E-state index in [0.717, 1.165) is 51.9 Å². The van der Waals surface area contributed by atoms with Crippen LogP contribution >= 0.6 is 0 Å². The molecule has 3 aromatic heterocycles. The minimum Gasteiger partial charge on any atom is -0.357 e. The molecule has 3 atom stereocenters. The van der Waals surface area contributed by atoms with Gasteiger partial charge in [-0.15, -0.1) is 6.42 Å². The molecule has 0 radical (unpaired) electrons. The highest BCUT2D eigenvalue weighted by Gasteiger charge is 2.38. The minimum absolute atomic E-state index is 0.0341. The molecule has 0 aliphatic carbocycles. The zero-order valence-electron chi connectivity index (χ0n) is 23.2. The van der Waals surface area contributed by atoms with Crippen molar-refractivity contribution in [3.8, 4) is 23.6 Å². The molecule has 0 saturated carbocycles. The van der Waals surface area contributed by atoms with Crippen molar-refractivity contribution >= 4 is 33.4 Å². The number of rotatable bonds is 5. The van der Waals surface area contributed by atoms with Crippen LogP contribution in [0.1, 0.15) is 31.2 Å². The van der Waals surface area contributed by atoms with Gasteiger partial charge in [0, 0.05) is 79.7 Å². The molecule has 3 aliphatic heterocycles. The van der Waals surface area contributed by atoms with Crippen LogP contribution in [0.4, 0.5) is 20.5 Å². The molecule has 6 heterocycles. The van der Waals surface area contributed by atoms with Crippen LogP contribution in [0.15, 0.2) is 30.7 Å². The largest absolute Gasteiger partial charge is 0.357 e. The lowest BCUT2D eigenvalue weighted by Crippen LogP contribution is -2.52. The second-order valence-electron chi connectivity index (χ2n) is 11.5. The van der Waals surface area contributed by atoms with Gasteiger partial charge >= 0.3 is 0 Å². The van der Waals surface area contributed by atoms with E-state index in [-0.39, 0.29) is 16.8 Å². The third kappa shape index (κ3) is 4.35. The number of nitrogens with one attached hydrogen (secondary N) is 1. The summed E-state index contributed by atoms with van der Waals surface area (Å²) in [4.78, 5) is 25.4. The Morgan fingerprint density at radius 1 is 1.10 bits per heavy atom. The van der Waals surface area contributed by atoms with Gasteiger partial charge in [-0.05, 0) is 51.4 Å². The van der Waals surface area contributed by atoms with Crippen molar-refractivity contribution in [3.63, 3.8) is 0 Å². The number of nitrogens with zero attached hydrogens (tertiary/aromatic N) is 7. The number of anilines is 2. The van der Waals surface area contributed by atoms with Crippen LogP contribution in [0.25, 0.3) is 32.9 Å². The van der Waals surface area contributed by atoms with E-state index in [1.807, 2.05) is 7.05 Å². The lowest BCUT2D eigenvalue weighted by Gasteiger charge is -2.39. The lowest BCUT2D eigenvalue weighted by molar-refractivity contribution is 0.211. The van der Waals surface area contributed by atoms with Crippen LogP contribution in [-0.4, -0.2) is 83.2 Å². The minimum atomic E-state index is -0.599. The van der Waals surface area contributed by atoms with E-state index in [1.54, 1.807) is 18.5 Å². The molecular weight excluding hydrogens is 522 g/mol. The van der Waals surface area contributed by atoms with Crippen molar-refractivity contribution in [2.45, 2.75) is 43.8 Å². The second kappa shape index (κ2) is 10.2. The fourth-order valence-corrected chi connectivity index (χ4v) is 6.83. The predicted octanol–water partition coefficient (Wildman–Crippen LogP) is 3.97. The van der Waals surface area contributed by atoms with Crippen LogP contribution in [0.5, 0.6) is 0 Å². The summed E-state index contributed by atoms with van der Waals surface area (Å²) >= 11 is 0. The highest BCUT2D eigenvalue weighted by atomic mass is 19.1. The number of pyridine rings is 2. The summed E-state index contributed by atoms with van der Waals surface area (Å²) < 4.78 is 31.4. The first-order valence-corrected chi connectivity index (χ1v) is 14.2. The number of benzene rings is 1. The summed E-state index contributed by atoms with van der Waals surface area (Å²) in [6, 6.07) is 4.08. The normalized spacial score (nSPS) is 22.5. The first-order valence-electron chi connectivity index (χ1n) is 14.2. The Kier molecular flexibility index (Phi) is 6.44. The molecule has 3 saturated heterocycles. The Morgan fingerprint density at radius 3 is 2.63 bits per heavy atom. The Bertz CT molecular complexity index is 1680. The number of terminal acetylenes is 1. The maximum atomic E-state index is 16.7. The molecule has 1 N–H and O–H groups in total. The van der Waals surface area contributed by atoms with Gasteiger partial charge in [-0.1, -0.05) is 5.92 Å². The maximum absolute atomic E-state index is 16.7. The Labute approximate surface area is 237 Å². The van der Waals surface area contributed by atoms with Crippen LogP contribution in [0.2, 0.25) is 0 Å². The zero-order chi connectivity index (χ0) is 28.2. The van der Waals surface area contributed by atoms with E-state index in [1.165, 1.54) is 12.3 Å². The van der Waals surface area contributed by atoms with Crippen LogP contribution < -0.4 is 15.1 Å². The van der Waals surface area contributed by atoms with Crippen LogP contribution in [-0.2, 0) is 0 Å². The number of hydrogen-bond acceptors (Lipinski definition) is 8. The molecule has 0 amide bonds. The summed E-state index contributed by atoms with van der Waals surface area (Å²) in [5.74, 6) is 2.45. The zero-order valence-corrected chi connectivity index (χ0v) is 23.2. The number of piperazine rings is 1. The molecule has 2 unspecified atom stereocenters. The summed E-state index contributed by atoms with van der Waals surface area (Å²) in [7, 11) is 4.17. The smallest absolute Gasteiger partial charge is 0.228 e. The second-order valence-corrected chi connectivity index (χ2v) is 11.5. The van der Waals surface area contributed by atoms with Gasteiger partial charge in [0.1, 0.15) is 22.8 Å². The van der Waals surface area contributed by atoms with Gasteiger partial charge in [0.15, 0.2) is 5.82 Å². The summed E-state index contributed by atoms with van der Waals surface area (Å²) in [5, 5.41) is 5.09. The molecule has 210 valence electrons. The van der Waals surface area contributed by atoms with Gasteiger partial charge in [-0.3, -0.25) is 14.9 Å². The fraction of sp³-hybridized carbons (Fsp3) is 0.419. The third-order valence-corrected chi connectivity index (χ3v) is 9.07. The third-order valence-electron chi connectivity index (χ3n) is 9.07. The van der Waals surface area contributed by atoms with Crippen LogP contribution in [0, 0.1) is 24.0 Å². The molecule has 10 heteroatoms. The Hall–Kier alpha value is -3.94. The van der Waals surface area contributed by atoms with Crippen molar-refractivity contribution in [3.05, 3.63) is 47.9 Å². The van der Waals surface area contributed by atoms with Gasteiger partial charge < -0.3 is 15.1 Å². The lowest BCUT2D eigenvalue weighted by atomic mass is 9.98. The highest BCUT2D eigenvalue weighted by Crippen LogP contribution is 2.37. The van der Waals surface area contributed by atoms with E-state index in [4.69, 9.17) is 16.4 Å². The van der Waals surface area contributed by atoms with Gasteiger partial charge in [-0.25, -0.2) is 13.8 Å². The average Bonchev–Trinajstić information content (AvgIpc) is 3.55. The van der Waals surface area contributed by atoms with E-state index >= 15 is 4.39 Å². The van der Waals surface area contributed by atoms with E-state index in [9.17, 15) is 4.39 Å². The molecule has 8 nitrogen and oxygen atoms in total. The van der Waals surface area contributed by atoms with E-state index in [2.05, 4.69) is 43.0 Å². The standard InChI is InChI=1S/C31H32F2N8/c1-4-22-25(32)10-7-18-12-34-13-23(26(18)22)28-27(33)29-24(14-36-28)30(39(2)15-19-6-5-11-35-19)38-31(37-29)41-16-20-8-9-21(17-41)40(20)3/h1,7,10,12-14,19-21,35H,5-6,8-9,11,15-17H2,2-3H3/t19-,20?,21?/m1/s1. The first kappa shape index (κ1) is 26.0. The summed E-state index contributed by atoms with van der Waals surface area (Å²) in [5.41, 5.74) is 0.606. The average molecular weight is 555 g/mol. The van der Waals surface area contributed by atoms with Crippen LogP contribution in [0.3, 0.4) is 0 Å². The topological polar surface area (TPSA) is 73.3 Å². The first-order chi connectivity index (χ1) is 19.9. The molecule has 1 aromatic carbocycles. The highest BCUT2D eigenvalue weighted by molar-refractivity contribution is 6.01. The van der Waals surface area contributed by atoms with Crippen molar-refractivity contribution in [2.24, 2.45) is 0 Å². The quantitative estimate of drug-likeness (QED) is 0.372. The van der Waals surface area contributed by atoms with Gasteiger partial charge in [0.25, 0.3) is 0 Å². The molecule has 41 heavy (non-hydrogen) atoms. The molecule has 2 bridgehead atoms. The monoisotopic (exact) mass is 554 g/mol. The predicted molar refractivity (Wildman–Crippen MR) is 157 cm³/mol.